The number of carbonyl (C=O) groups excluding carboxylic acids is 4. The van der Waals surface area contributed by atoms with Crippen molar-refractivity contribution in [3.8, 4) is 0 Å². The molecule has 0 aromatic rings. The van der Waals surface area contributed by atoms with Crippen molar-refractivity contribution in [1.82, 2.24) is 0 Å². The standard InChI is InChI=1S/C69H134O17P2/c1-8-10-11-12-13-14-15-18-23-29-38-45-52-68(73)86-65(57-80-67(72)51-44-37-32-31-35-42-49-62(7)9-2)59-84-88(77,78)82-55-63(70)54-81-87(75,76)83-58-64(56-79-66(71)50-43-36-28-25-20-22-27-34-41-48-61(5)6)85-69(74)53-46-39-30-24-19-16-17-21-26-33-40-47-60(3)4/h60-65,70H,8-59H2,1-7H3,(H,75,76)(H,77,78)/t62?,63-,64-,65-/m1/s1. The van der Waals surface area contributed by atoms with Crippen LogP contribution in [0.1, 0.15) is 344 Å². The van der Waals surface area contributed by atoms with Gasteiger partial charge in [0.05, 0.1) is 26.4 Å². The molecule has 3 unspecified atom stereocenters. The second-order valence-corrected chi connectivity index (χ2v) is 29.0. The van der Waals surface area contributed by atoms with Crippen LogP contribution < -0.4 is 0 Å². The lowest BCUT2D eigenvalue weighted by atomic mass is 10.00. The van der Waals surface area contributed by atoms with E-state index in [4.69, 9.17) is 37.0 Å². The van der Waals surface area contributed by atoms with E-state index in [1.54, 1.807) is 0 Å². The van der Waals surface area contributed by atoms with Gasteiger partial charge in [-0.05, 0) is 43.4 Å². The van der Waals surface area contributed by atoms with E-state index < -0.39 is 97.5 Å². The van der Waals surface area contributed by atoms with E-state index in [-0.39, 0.29) is 25.7 Å². The second kappa shape index (κ2) is 60.0. The minimum atomic E-state index is -4.95. The van der Waals surface area contributed by atoms with Gasteiger partial charge in [-0.3, -0.25) is 37.3 Å². The normalized spacial score (nSPS) is 14.5. The van der Waals surface area contributed by atoms with Crippen LogP contribution in [0.4, 0.5) is 0 Å². The second-order valence-electron chi connectivity index (χ2n) is 26.1. The van der Waals surface area contributed by atoms with E-state index in [0.717, 1.165) is 114 Å². The highest BCUT2D eigenvalue weighted by Gasteiger charge is 2.30. The molecule has 0 amide bonds. The Kier molecular flexibility index (Phi) is 58.7. The molecule has 0 fully saturated rings. The summed E-state index contributed by atoms with van der Waals surface area (Å²) in [6.45, 7) is 11.8. The summed E-state index contributed by atoms with van der Waals surface area (Å²) in [7, 11) is -9.90. The maximum absolute atomic E-state index is 13.0. The summed E-state index contributed by atoms with van der Waals surface area (Å²) in [6.07, 6.45) is 43.0. The fourth-order valence-electron chi connectivity index (χ4n) is 10.3. The predicted molar refractivity (Wildman–Crippen MR) is 354 cm³/mol. The van der Waals surface area contributed by atoms with E-state index in [2.05, 4.69) is 48.5 Å². The number of unbranched alkanes of at least 4 members (excludes halogenated alkanes) is 34. The average Bonchev–Trinajstić information content (AvgIpc) is 3.69. The maximum Gasteiger partial charge on any atom is 0.472 e. The Hall–Kier alpha value is -1.94. The number of rotatable bonds is 67. The number of ether oxygens (including phenoxy) is 4. The van der Waals surface area contributed by atoms with Crippen molar-refractivity contribution in [2.24, 2.45) is 17.8 Å². The topological polar surface area (TPSA) is 237 Å². The van der Waals surface area contributed by atoms with Gasteiger partial charge in [0.1, 0.15) is 19.3 Å². The molecule has 17 nitrogen and oxygen atoms in total. The van der Waals surface area contributed by atoms with Gasteiger partial charge in [-0.2, -0.15) is 0 Å². The Morgan fingerprint density at radius 1 is 0.330 bits per heavy atom. The van der Waals surface area contributed by atoms with Crippen LogP contribution in [-0.2, 0) is 65.4 Å². The Balaban J connectivity index is 5.26. The van der Waals surface area contributed by atoms with Gasteiger partial charge in [0.15, 0.2) is 12.2 Å². The molecule has 6 atom stereocenters. The summed E-state index contributed by atoms with van der Waals surface area (Å²) in [5.41, 5.74) is 0. The SMILES string of the molecule is CCCCCCCCCCCCCCC(=O)O[C@H](COC(=O)CCCCCCCCC(C)CC)COP(=O)(O)OC[C@H](O)COP(=O)(O)OC[C@@H](COC(=O)CCCCCCCCCCCC(C)C)OC(=O)CCCCCCCCCCCCCC(C)C. The lowest BCUT2D eigenvalue weighted by Crippen LogP contribution is -2.30. The van der Waals surface area contributed by atoms with Crippen molar-refractivity contribution >= 4 is 39.5 Å². The van der Waals surface area contributed by atoms with E-state index >= 15 is 0 Å². The molecule has 0 bridgehead atoms. The fourth-order valence-corrected chi connectivity index (χ4v) is 11.9. The zero-order chi connectivity index (χ0) is 65.2. The lowest BCUT2D eigenvalue weighted by Gasteiger charge is -2.21. The molecule has 0 heterocycles. The monoisotopic (exact) mass is 1300 g/mol. The minimum Gasteiger partial charge on any atom is -0.462 e. The van der Waals surface area contributed by atoms with Gasteiger partial charge in [-0.25, -0.2) is 9.13 Å². The third-order valence-electron chi connectivity index (χ3n) is 16.2. The van der Waals surface area contributed by atoms with Crippen molar-refractivity contribution < 1.29 is 80.2 Å². The highest BCUT2D eigenvalue weighted by Crippen LogP contribution is 2.45. The Morgan fingerprint density at radius 2 is 0.580 bits per heavy atom. The van der Waals surface area contributed by atoms with Gasteiger partial charge in [-0.15, -0.1) is 0 Å². The first-order valence-corrected chi connectivity index (χ1v) is 38.9. The van der Waals surface area contributed by atoms with Crippen molar-refractivity contribution in [3.05, 3.63) is 0 Å². The quantitative estimate of drug-likeness (QED) is 0.0222. The molecule has 19 heteroatoms. The molecule has 0 aromatic carbocycles. The molecule has 522 valence electrons. The molecule has 0 saturated carbocycles. The first-order valence-electron chi connectivity index (χ1n) is 35.9. The van der Waals surface area contributed by atoms with Crippen LogP contribution in [0.15, 0.2) is 0 Å². The Bertz CT molecular complexity index is 1730. The summed E-state index contributed by atoms with van der Waals surface area (Å²) in [5, 5.41) is 10.6. The highest BCUT2D eigenvalue weighted by molar-refractivity contribution is 7.47. The number of esters is 4. The largest absolute Gasteiger partial charge is 0.472 e. The van der Waals surface area contributed by atoms with Crippen LogP contribution in [0.5, 0.6) is 0 Å². The third kappa shape index (κ3) is 61.6. The first kappa shape index (κ1) is 86.1. The molecule has 0 aliphatic carbocycles. The summed E-state index contributed by atoms with van der Waals surface area (Å²) >= 11 is 0. The van der Waals surface area contributed by atoms with E-state index in [1.165, 1.54) is 148 Å². The van der Waals surface area contributed by atoms with Crippen LogP contribution >= 0.6 is 15.6 Å². The third-order valence-corrected chi connectivity index (χ3v) is 18.1. The molecule has 0 rings (SSSR count). The van der Waals surface area contributed by atoms with Gasteiger partial charge in [0.2, 0.25) is 0 Å². The van der Waals surface area contributed by atoms with E-state index in [0.29, 0.717) is 25.7 Å². The summed E-state index contributed by atoms with van der Waals surface area (Å²) < 4.78 is 68.2. The number of aliphatic hydroxyl groups excluding tert-OH is 1. The molecule has 0 aromatic heterocycles. The first-order chi connectivity index (χ1) is 42.3. The molecule has 0 aliphatic heterocycles. The number of hydrogen-bond acceptors (Lipinski definition) is 15. The number of phosphoric acid groups is 2. The number of phosphoric ester groups is 2. The lowest BCUT2D eigenvalue weighted by molar-refractivity contribution is -0.161. The summed E-state index contributed by atoms with van der Waals surface area (Å²) in [4.78, 5) is 72.5. The number of hydrogen-bond donors (Lipinski definition) is 3. The van der Waals surface area contributed by atoms with Crippen LogP contribution in [-0.4, -0.2) is 96.7 Å². The zero-order valence-electron chi connectivity index (χ0n) is 57.2. The molecule has 3 N–H and O–H groups in total. The predicted octanol–water partition coefficient (Wildman–Crippen LogP) is 19.5. The molecule has 0 spiro atoms. The van der Waals surface area contributed by atoms with E-state index in [1.807, 2.05) is 0 Å². The number of carbonyl (C=O) groups is 4. The van der Waals surface area contributed by atoms with Crippen LogP contribution in [0.2, 0.25) is 0 Å². The number of aliphatic hydroxyl groups is 1. The molecule has 0 aliphatic rings. The van der Waals surface area contributed by atoms with Crippen molar-refractivity contribution in [1.29, 1.82) is 0 Å². The zero-order valence-corrected chi connectivity index (χ0v) is 59.0. The smallest absolute Gasteiger partial charge is 0.462 e. The van der Waals surface area contributed by atoms with Gasteiger partial charge in [-0.1, -0.05) is 292 Å². The van der Waals surface area contributed by atoms with Crippen molar-refractivity contribution in [3.63, 3.8) is 0 Å². The Morgan fingerprint density at radius 3 is 0.864 bits per heavy atom. The molecular weight excluding hydrogens is 1160 g/mol. The van der Waals surface area contributed by atoms with Gasteiger partial charge in [0.25, 0.3) is 0 Å². The van der Waals surface area contributed by atoms with Crippen LogP contribution in [0, 0.1) is 17.8 Å². The molecular formula is C69H134O17P2. The van der Waals surface area contributed by atoms with Crippen molar-refractivity contribution in [2.75, 3.05) is 39.6 Å². The van der Waals surface area contributed by atoms with Crippen LogP contribution in [0.3, 0.4) is 0 Å². The average molecular weight is 1300 g/mol. The fraction of sp³-hybridized carbons (Fsp3) is 0.942. The maximum atomic E-state index is 13.0. The van der Waals surface area contributed by atoms with Gasteiger partial charge in [0, 0.05) is 25.7 Å². The highest BCUT2D eigenvalue weighted by atomic mass is 31.2. The summed E-state index contributed by atoms with van der Waals surface area (Å²) in [5.74, 6) is 0.112. The molecule has 88 heavy (non-hydrogen) atoms. The van der Waals surface area contributed by atoms with Crippen LogP contribution in [0.25, 0.3) is 0 Å². The minimum absolute atomic E-state index is 0.106. The molecule has 0 saturated heterocycles. The Labute approximate surface area is 537 Å². The van der Waals surface area contributed by atoms with E-state index in [9.17, 15) is 43.2 Å². The van der Waals surface area contributed by atoms with Gasteiger partial charge >= 0.3 is 39.5 Å². The molecule has 0 radical (unpaired) electrons. The van der Waals surface area contributed by atoms with Gasteiger partial charge < -0.3 is 33.8 Å². The van der Waals surface area contributed by atoms with Crippen molar-refractivity contribution in [2.45, 2.75) is 362 Å². The summed E-state index contributed by atoms with van der Waals surface area (Å²) in [6, 6.07) is 0.